The molecule has 1 atom stereocenters. The van der Waals surface area contributed by atoms with E-state index in [-0.39, 0.29) is 6.04 Å². The van der Waals surface area contributed by atoms with Crippen LogP contribution in [-0.4, -0.2) is 16.2 Å². The van der Waals surface area contributed by atoms with E-state index >= 15 is 0 Å². The predicted molar refractivity (Wildman–Crippen MR) is 69.4 cm³/mol. The molecule has 1 unspecified atom stereocenters. The third-order valence-electron chi connectivity index (χ3n) is 2.51. The van der Waals surface area contributed by atoms with Gasteiger partial charge in [-0.3, -0.25) is 0 Å². The molecule has 0 saturated carbocycles. The van der Waals surface area contributed by atoms with E-state index in [1.165, 1.54) is 0 Å². The first kappa shape index (κ1) is 12.3. The SMILES string of the molecule is CCC(N)Cc1noc(-c2cccc(Br)c2)n1. The van der Waals surface area contributed by atoms with Gasteiger partial charge >= 0.3 is 0 Å². The average molecular weight is 296 g/mol. The normalized spacial score (nSPS) is 12.6. The van der Waals surface area contributed by atoms with Gasteiger partial charge in [0, 0.05) is 22.5 Å². The van der Waals surface area contributed by atoms with Crippen molar-refractivity contribution in [3.05, 3.63) is 34.6 Å². The minimum atomic E-state index is 0.0861. The number of hydrogen-bond acceptors (Lipinski definition) is 4. The van der Waals surface area contributed by atoms with Gasteiger partial charge in [-0.2, -0.15) is 4.98 Å². The Morgan fingerprint density at radius 1 is 1.47 bits per heavy atom. The first-order chi connectivity index (χ1) is 8.19. The van der Waals surface area contributed by atoms with Crippen molar-refractivity contribution in [3.8, 4) is 11.5 Å². The molecule has 0 saturated heterocycles. The van der Waals surface area contributed by atoms with Gasteiger partial charge in [0.2, 0.25) is 0 Å². The molecule has 2 N–H and O–H groups in total. The van der Waals surface area contributed by atoms with Crippen LogP contribution in [0, 0.1) is 0 Å². The third-order valence-corrected chi connectivity index (χ3v) is 3.00. The number of nitrogens with two attached hydrogens (primary N) is 1. The number of hydrogen-bond donors (Lipinski definition) is 1. The number of nitrogens with zero attached hydrogens (tertiary/aromatic N) is 2. The highest BCUT2D eigenvalue weighted by atomic mass is 79.9. The van der Waals surface area contributed by atoms with Crippen LogP contribution in [0.5, 0.6) is 0 Å². The maximum absolute atomic E-state index is 5.85. The lowest BCUT2D eigenvalue weighted by atomic mass is 10.1. The Labute approximate surface area is 108 Å². The smallest absolute Gasteiger partial charge is 0.257 e. The molecule has 0 spiro atoms. The summed E-state index contributed by atoms with van der Waals surface area (Å²) in [5.74, 6) is 1.19. The first-order valence-electron chi connectivity index (χ1n) is 5.53. The number of halogens is 1. The molecule has 0 aliphatic heterocycles. The first-order valence-corrected chi connectivity index (χ1v) is 6.32. The summed E-state index contributed by atoms with van der Waals surface area (Å²) >= 11 is 3.41. The monoisotopic (exact) mass is 295 g/mol. The summed E-state index contributed by atoms with van der Waals surface area (Å²) in [6.45, 7) is 2.04. The average Bonchev–Trinajstić information content (AvgIpc) is 2.77. The Hall–Kier alpha value is -1.20. The van der Waals surface area contributed by atoms with Crippen LogP contribution in [0.4, 0.5) is 0 Å². The van der Waals surface area contributed by atoms with Crippen LogP contribution < -0.4 is 5.73 Å². The van der Waals surface area contributed by atoms with E-state index in [9.17, 15) is 0 Å². The Morgan fingerprint density at radius 2 is 2.29 bits per heavy atom. The van der Waals surface area contributed by atoms with Crippen molar-refractivity contribution in [1.29, 1.82) is 0 Å². The van der Waals surface area contributed by atoms with E-state index in [4.69, 9.17) is 10.3 Å². The highest BCUT2D eigenvalue weighted by molar-refractivity contribution is 9.10. The highest BCUT2D eigenvalue weighted by Gasteiger charge is 2.11. The summed E-state index contributed by atoms with van der Waals surface area (Å²) in [6, 6.07) is 7.84. The van der Waals surface area contributed by atoms with Crippen LogP contribution in [0.2, 0.25) is 0 Å². The fourth-order valence-electron chi connectivity index (χ4n) is 1.45. The zero-order valence-corrected chi connectivity index (χ0v) is 11.1. The minimum Gasteiger partial charge on any atom is -0.334 e. The van der Waals surface area contributed by atoms with E-state index in [0.717, 1.165) is 16.5 Å². The maximum atomic E-state index is 5.85. The lowest BCUT2D eigenvalue weighted by Gasteiger charge is -2.02. The highest BCUT2D eigenvalue weighted by Crippen LogP contribution is 2.21. The molecule has 4 nitrogen and oxygen atoms in total. The summed E-state index contributed by atoms with van der Waals surface area (Å²) in [5, 5.41) is 3.93. The second-order valence-corrected chi connectivity index (χ2v) is 4.81. The summed E-state index contributed by atoms with van der Waals surface area (Å²) < 4.78 is 6.20. The molecular weight excluding hydrogens is 282 g/mol. The van der Waals surface area contributed by atoms with Crippen LogP contribution in [0.3, 0.4) is 0 Å². The molecule has 0 bridgehead atoms. The van der Waals surface area contributed by atoms with Gasteiger partial charge < -0.3 is 10.3 Å². The molecule has 0 fully saturated rings. The molecule has 1 aromatic carbocycles. The van der Waals surface area contributed by atoms with Gasteiger partial charge in [0.05, 0.1) is 0 Å². The lowest BCUT2D eigenvalue weighted by Crippen LogP contribution is -2.21. The molecule has 0 aliphatic carbocycles. The van der Waals surface area contributed by atoms with Crippen molar-refractivity contribution in [2.45, 2.75) is 25.8 Å². The van der Waals surface area contributed by atoms with Crippen molar-refractivity contribution in [2.75, 3.05) is 0 Å². The number of rotatable bonds is 4. The van der Waals surface area contributed by atoms with Gasteiger partial charge in [-0.25, -0.2) is 0 Å². The molecule has 17 heavy (non-hydrogen) atoms. The molecule has 2 rings (SSSR count). The quantitative estimate of drug-likeness (QED) is 0.942. The van der Waals surface area contributed by atoms with Crippen molar-refractivity contribution in [3.63, 3.8) is 0 Å². The molecule has 0 amide bonds. The van der Waals surface area contributed by atoms with Crippen LogP contribution >= 0.6 is 15.9 Å². The van der Waals surface area contributed by atoms with Crippen LogP contribution in [0.15, 0.2) is 33.3 Å². The summed E-state index contributed by atoms with van der Waals surface area (Å²) in [5.41, 5.74) is 6.75. The largest absolute Gasteiger partial charge is 0.334 e. The van der Waals surface area contributed by atoms with Gasteiger partial charge in [-0.05, 0) is 24.6 Å². The van der Waals surface area contributed by atoms with Gasteiger partial charge in [-0.15, -0.1) is 0 Å². The lowest BCUT2D eigenvalue weighted by molar-refractivity contribution is 0.419. The summed E-state index contributed by atoms with van der Waals surface area (Å²) in [7, 11) is 0. The Kier molecular flexibility index (Phi) is 3.91. The summed E-state index contributed by atoms with van der Waals surface area (Å²) in [6.07, 6.45) is 1.55. The van der Waals surface area contributed by atoms with E-state index in [1.807, 2.05) is 31.2 Å². The maximum Gasteiger partial charge on any atom is 0.257 e. The van der Waals surface area contributed by atoms with Crippen LogP contribution in [-0.2, 0) is 6.42 Å². The van der Waals surface area contributed by atoms with Crippen molar-refractivity contribution in [2.24, 2.45) is 5.73 Å². The Morgan fingerprint density at radius 3 is 3.00 bits per heavy atom. The van der Waals surface area contributed by atoms with Gasteiger partial charge in [0.25, 0.3) is 5.89 Å². The predicted octanol–water partition coefficient (Wildman–Crippen LogP) is 2.78. The molecule has 1 heterocycles. The second-order valence-electron chi connectivity index (χ2n) is 3.90. The van der Waals surface area contributed by atoms with Crippen LogP contribution in [0.25, 0.3) is 11.5 Å². The van der Waals surface area contributed by atoms with E-state index in [1.54, 1.807) is 0 Å². The minimum absolute atomic E-state index is 0.0861. The van der Waals surface area contributed by atoms with E-state index in [0.29, 0.717) is 18.1 Å². The number of benzene rings is 1. The molecule has 90 valence electrons. The van der Waals surface area contributed by atoms with Gasteiger partial charge in [0.15, 0.2) is 5.82 Å². The fraction of sp³-hybridized carbons (Fsp3) is 0.333. The zero-order chi connectivity index (χ0) is 12.3. The second kappa shape index (κ2) is 5.42. The molecule has 2 aromatic rings. The molecule has 1 aromatic heterocycles. The molecule has 0 aliphatic rings. The van der Waals surface area contributed by atoms with Crippen LogP contribution in [0.1, 0.15) is 19.2 Å². The standard InChI is InChI=1S/C12H14BrN3O/c1-2-10(14)7-11-15-12(17-16-11)8-4-3-5-9(13)6-8/h3-6,10H,2,7,14H2,1H3. The Balaban J connectivity index is 2.18. The van der Waals surface area contributed by atoms with Crippen molar-refractivity contribution >= 4 is 15.9 Å². The van der Waals surface area contributed by atoms with Crippen molar-refractivity contribution in [1.82, 2.24) is 10.1 Å². The Bertz CT molecular complexity index is 498. The summed E-state index contributed by atoms with van der Waals surface area (Å²) in [4.78, 5) is 4.33. The van der Waals surface area contributed by atoms with E-state index in [2.05, 4.69) is 26.1 Å². The molecule has 0 radical (unpaired) electrons. The van der Waals surface area contributed by atoms with Gasteiger partial charge in [-0.1, -0.05) is 34.1 Å². The number of aromatic nitrogens is 2. The van der Waals surface area contributed by atoms with E-state index < -0.39 is 0 Å². The molecule has 5 heteroatoms. The molecular formula is C12H14BrN3O. The van der Waals surface area contributed by atoms with Crippen molar-refractivity contribution < 1.29 is 4.52 Å². The topological polar surface area (TPSA) is 64.9 Å². The third kappa shape index (κ3) is 3.14. The fourth-order valence-corrected chi connectivity index (χ4v) is 1.85. The van der Waals surface area contributed by atoms with Gasteiger partial charge in [0.1, 0.15) is 0 Å². The zero-order valence-electron chi connectivity index (χ0n) is 9.56.